The van der Waals surface area contributed by atoms with Gasteiger partial charge in [-0.25, -0.2) is 4.68 Å². The summed E-state index contributed by atoms with van der Waals surface area (Å²) in [4.78, 5) is 16.6. The number of rotatable bonds is 4. The van der Waals surface area contributed by atoms with Crippen molar-refractivity contribution < 1.29 is 4.79 Å². The highest BCUT2D eigenvalue weighted by molar-refractivity contribution is 5.92. The van der Waals surface area contributed by atoms with Crippen molar-refractivity contribution in [3.63, 3.8) is 0 Å². The summed E-state index contributed by atoms with van der Waals surface area (Å²) in [7, 11) is 0. The van der Waals surface area contributed by atoms with Gasteiger partial charge in [0.15, 0.2) is 0 Å². The molecule has 5 nitrogen and oxygen atoms in total. The van der Waals surface area contributed by atoms with Gasteiger partial charge in [-0.05, 0) is 37.0 Å². The summed E-state index contributed by atoms with van der Waals surface area (Å²) in [6.07, 6.45) is 14.3. The number of pyridine rings is 1. The number of nitrogens with one attached hydrogen (secondary N) is 1. The average molecular weight is 312 g/mol. The van der Waals surface area contributed by atoms with Crippen LogP contribution in [-0.4, -0.2) is 27.2 Å². The molecule has 0 saturated heterocycles. The highest BCUT2D eigenvalue weighted by Gasteiger charge is 2.14. The van der Waals surface area contributed by atoms with Crippen molar-refractivity contribution >= 4 is 5.91 Å². The molecule has 1 saturated carbocycles. The number of aromatic nitrogens is 3. The van der Waals surface area contributed by atoms with Gasteiger partial charge in [0.25, 0.3) is 5.91 Å². The fraction of sp³-hybridized carbons (Fsp3) is 0.500. The fourth-order valence-electron chi connectivity index (χ4n) is 3.18. The molecule has 0 aromatic carbocycles. The van der Waals surface area contributed by atoms with Gasteiger partial charge >= 0.3 is 0 Å². The van der Waals surface area contributed by atoms with Gasteiger partial charge in [-0.15, -0.1) is 0 Å². The van der Waals surface area contributed by atoms with Crippen LogP contribution in [0.2, 0.25) is 0 Å². The molecule has 3 rings (SSSR count). The van der Waals surface area contributed by atoms with Crippen molar-refractivity contribution in [3.05, 3.63) is 42.5 Å². The molecule has 1 fully saturated rings. The van der Waals surface area contributed by atoms with Gasteiger partial charge in [0, 0.05) is 25.1 Å². The van der Waals surface area contributed by atoms with Crippen LogP contribution in [0.4, 0.5) is 0 Å². The molecule has 2 heterocycles. The molecule has 0 aliphatic heterocycles. The van der Waals surface area contributed by atoms with Gasteiger partial charge in [-0.1, -0.05) is 32.1 Å². The third-order valence-corrected chi connectivity index (χ3v) is 4.52. The lowest BCUT2D eigenvalue weighted by atomic mass is 9.91. The lowest BCUT2D eigenvalue weighted by Crippen LogP contribution is -2.30. The lowest BCUT2D eigenvalue weighted by Gasteiger charge is -2.19. The van der Waals surface area contributed by atoms with E-state index >= 15 is 0 Å². The zero-order valence-electron chi connectivity index (χ0n) is 13.4. The zero-order chi connectivity index (χ0) is 15.9. The minimum Gasteiger partial charge on any atom is -0.350 e. The lowest BCUT2D eigenvalue weighted by molar-refractivity contribution is 0.0939. The third-order valence-electron chi connectivity index (χ3n) is 4.52. The molecular weight excluding hydrogens is 288 g/mol. The third kappa shape index (κ3) is 4.41. The van der Waals surface area contributed by atoms with Gasteiger partial charge in [0.1, 0.15) is 5.69 Å². The quantitative estimate of drug-likeness (QED) is 0.941. The summed E-state index contributed by atoms with van der Waals surface area (Å²) in [6.45, 7) is 0.756. The molecule has 2 aromatic heterocycles. The number of amides is 1. The van der Waals surface area contributed by atoms with E-state index in [1.807, 2.05) is 18.3 Å². The van der Waals surface area contributed by atoms with Crippen molar-refractivity contribution in [2.45, 2.75) is 44.9 Å². The molecule has 0 bridgehead atoms. The summed E-state index contributed by atoms with van der Waals surface area (Å²) in [6, 6.07) is 5.48. The van der Waals surface area contributed by atoms with E-state index in [1.165, 1.54) is 44.9 Å². The van der Waals surface area contributed by atoms with Crippen molar-refractivity contribution in [1.82, 2.24) is 20.1 Å². The normalized spacial score (nSPS) is 16.5. The summed E-state index contributed by atoms with van der Waals surface area (Å²) in [5, 5.41) is 7.24. The molecule has 23 heavy (non-hydrogen) atoms. The Balaban J connectivity index is 1.58. The van der Waals surface area contributed by atoms with Crippen molar-refractivity contribution in [2.75, 3.05) is 6.54 Å². The van der Waals surface area contributed by atoms with Crippen molar-refractivity contribution in [1.29, 1.82) is 0 Å². The Labute approximate surface area is 137 Å². The molecule has 0 spiro atoms. The predicted molar refractivity (Wildman–Crippen MR) is 89.5 cm³/mol. The van der Waals surface area contributed by atoms with Crippen LogP contribution >= 0.6 is 0 Å². The molecule has 1 amide bonds. The summed E-state index contributed by atoms with van der Waals surface area (Å²) in [5.41, 5.74) is 1.30. The molecule has 5 heteroatoms. The van der Waals surface area contributed by atoms with Crippen LogP contribution in [0.25, 0.3) is 5.69 Å². The van der Waals surface area contributed by atoms with Gasteiger partial charge in [0.05, 0.1) is 5.69 Å². The van der Waals surface area contributed by atoms with Crippen LogP contribution in [0.3, 0.4) is 0 Å². The highest BCUT2D eigenvalue weighted by atomic mass is 16.1. The minimum atomic E-state index is -0.0962. The second-order valence-corrected chi connectivity index (χ2v) is 6.27. The van der Waals surface area contributed by atoms with E-state index in [-0.39, 0.29) is 5.91 Å². The van der Waals surface area contributed by atoms with Crippen LogP contribution in [-0.2, 0) is 0 Å². The predicted octanol–water partition coefficient (Wildman–Crippen LogP) is 3.36. The Morgan fingerprint density at radius 1 is 1.17 bits per heavy atom. The number of carbonyl (C=O) groups excluding carboxylic acids is 1. The first-order valence-electron chi connectivity index (χ1n) is 8.57. The first-order chi connectivity index (χ1) is 11.3. The topological polar surface area (TPSA) is 59.8 Å². The molecular formula is C18H24N4O. The van der Waals surface area contributed by atoms with E-state index in [9.17, 15) is 4.79 Å². The second-order valence-electron chi connectivity index (χ2n) is 6.27. The summed E-state index contributed by atoms with van der Waals surface area (Å²) >= 11 is 0. The average Bonchev–Trinajstić information content (AvgIpc) is 3.08. The van der Waals surface area contributed by atoms with E-state index in [0.717, 1.165) is 12.2 Å². The smallest absolute Gasteiger partial charge is 0.269 e. The Bertz CT molecular complexity index is 616. The van der Waals surface area contributed by atoms with E-state index in [0.29, 0.717) is 11.6 Å². The van der Waals surface area contributed by atoms with Crippen LogP contribution in [0.5, 0.6) is 0 Å². The Morgan fingerprint density at radius 2 is 1.96 bits per heavy atom. The molecule has 0 radical (unpaired) electrons. The van der Waals surface area contributed by atoms with Crippen LogP contribution in [0.15, 0.2) is 36.8 Å². The molecule has 122 valence electrons. The van der Waals surface area contributed by atoms with E-state index in [1.54, 1.807) is 23.1 Å². The number of hydrogen-bond donors (Lipinski definition) is 1. The maximum atomic E-state index is 12.4. The number of hydrogen-bond acceptors (Lipinski definition) is 3. The zero-order valence-corrected chi connectivity index (χ0v) is 13.4. The molecule has 1 aliphatic rings. The van der Waals surface area contributed by atoms with E-state index < -0.39 is 0 Å². The molecule has 1 N–H and O–H groups in total. The molecule has 1 aliphatic carbocycles. The van der Waals surface area contributed by atoms with Crippen molar-refractivity contribution in [3.8, 4) is 5.69 Å². The highest BCUT2D eigenvalue weighted by Crippen LogP contribution is 2.21. The second kappa shape index (κ2) is 7.90. The maximum Gasteiger partial charge on any atom is 0.269 e. The van der Waals surface area contributed by atoms with Crippen LogP contribution in [0.1, 0.15) is 55.4 Å². The SMILES string of the molecule is O=C(NCC1CCCCCCC1)c1cc(-n2cccn2)ccn1. The van der Waals surface area contributed by atoms with Gasteiger partial charge < -0.3 is 5.32 Å². The van der Waals surface area contributed by atoms with Crippen LogP contribution in [0, 0.1) is 5.92 Å². The minimum absolute atomic E-state index is 0.0962. The fourth-order valence-corrected chi connectivity index (χ4v) is 3.18. The monoisotopic (exact) mass is 312 g/mol. The summed E-state index contributed by atoms with van der Waals surface area (Å²) in [5.74, 6) is 0.509. The van der Waals surface area contributed by atoms with Gasteiger partial charge in [0.2, 0.25) is 0 Å². The standard InChI is InChI=1S/C18H24N4O/c23-18(20-14-15-7-4-2-1-3-5-8-15)17-13-16(9-11-19-17)22-12-6-10-21-22/h6,9-13,15H,1-5,7-8,14H2,(H,20,23). The Hall–Kier alpha value is -2.17. The number of carbonyl (C=O) groups is 1. The Kier molecular flexibility index (Phi) is 5.40. The van der Waals surface area contributed by atoms with Crippen LogP contribution < -0.4 is 5.32 Å². The molecule has 0 unspecified atom stereocenters. The molecule has 0 atom stereocenters. The molecule has 2 aromatic rings. The number of nitrogens with zero attached hydrogens (tertiary/aromatic N) is 3. The first-order valence-corrected chi connectivity index (χ1v) is 8.57. The largest absolute Gasteiger partial charge is 0.350 e. The first kappa shape index (κ1) is 15.7. The van der Waals surface area contributed by atoms with Gasteiger partial charge in [-0.3, -0.25) is 9.78 Å². The maximum absolute atomic E-state index is 12.4. The Morgan fingerprint density at radius 3 is 2.70 bits per heavy atom. The van der Waals surface area contributed by atoms with Gasteiger partial charge in [-0.2, -0.15) is 5.10 Å². The summed E-state index contributed by atoms with van der Waals surface area (Å²) < 4.78 is 1.73. The van der Waals surface area contributed by atoms with Crippen molar-refractivity contribution in [2.24, 2.45) is 5.92 Å². The van der Waals surface area contributed by atoms with E-state index in [2.05, 4.69) is 15.4 Å². The van der Waals surface area contributed by atoms with E-state index in [4.69, 9.17) is 0 Å².